The first kappa shape index (κ1) is 12.9. The Morgan fingerprint density at radius 3 is 2.54 bits per heavy atom. The highest BCUT2D eigenvalue weighted by atomic mass is 79.9. The molecule has 0 spiro atoms. The summed E-state index contributed by atoms with van der Waals surface area (Å²) in [5.41, 5.74) is 0. The van der Waals surface area contributed by atoms with Gasteiger partial charge in [0.25, 0.3) is 0 Å². The maximum absolute atomic E-state index is 8.55. The van der Waals surface area contributed by atoms with Crippen LogP contribution in [0.25, 0.3) is 0 Å². The number of hydrogen-bond donors (Lipinski definition) is 0. The lowest BCUT2D eigenvalue weighted by atomic mass is 10.1. The summed E-state index contributed by atoms with van der Waals surface area (Å²) >= 11 is 3.50. The van der Waals surface area contributed by atoms with Crippen molar-refractivity contribution in [3.8, 4) is 6.07 Å². The van der Waals surface area contributed by atoms with Gasteiger partial charge in [0.15, 0.2) is 0 Å². The van der Waals surface area contributed by atoms with Crippen LogP contribution in [0.3, 0.4) is 0 Å². The summed E-state index contributed by atoms with van der Waals surface area (Å²) in [6, 6.07) is 2.58. The van der Waals surface area contributed by atoms with Gasteiger partial charge in [0.1, 0.15) is 0 Å². The summed E-state index contributed by atoms with van der Waals surface area (Å²) in [6.07, 6.45) is 1.81. The van der Waals surface area contributed by atoms with E-state index in [1.807, 2.05) is 0 Å². The van der Waals surface area contributed by atoms with E-state index in [0.29, 0.717) is 18.4 Å². The second-order valence-electron chi connectivity index (χ2n) is 3.58. The standard InChI is InChI=1S/C10H19BrN2/c1-4-10(7-11)8-13(3)9(2)5-6-12/h9-10H,4-5,7-8H2,1-3H3. The second-order valence-corrected chi connectivity index (χ2v) is 4.23. The molecule has 3 heteroatoms. The fourth-order valence-electron chi connectivity index (χ4n) is 1.16. The molecule has 13 heavy (non-hydrogen) atoms. The average Bonchev–Trinajstić information content (AvgIpc) is 2.14. The van der Waals surface area contributed by atoms with Gasteiger partial charge in [-0.15, -0.1) is 0 Å². The molecular formula is C10H19BrN2. The lowest BCUT2D eigenvalue weighted by molar-refractivity contribution is 0.226. The van der Waals surface area contributed by atoms with Crippen LogP contribution < -0.4 is 0 Å². The number of hydrogen-bond acceptors (Lipinski definition) is 2. The molecule has 0 aliphatic carbocycles. The number of halogens is 1. The minimum absolute atomic E-state index is 0.373. The molecule has 2 atom stereocenters. The first-order chi connectivity index (χ1) is 6.15. The summed E-state index contributed by atoms with van der Waals surface area (Å²) in [4.78, 5) is 2.26. The van der Waals surface area contributed by atoms with E-state index in [0.717, 1.165) is 11.9 Å². The maximum Gasteiger partial charge on any atom is 0.0638 e. The highest BCUT2D eigenvalue weighted by molar-refractivity contribution is 9.09. The third-order valence-corrected chi connectivity index (χ3v) is 3.40. The van der Waals surface area contributed by atoms with Crippen LogP contribution in [-0.2, 0) is 0 Å². The van der Waals surface area contributed by atoms with E-state index < -0.39 is 0 Å². The highest BCUT2D eigenvalue weighted by Gasteiger charge is 2.13. The Bertz CT molecular complexity index is 161. The molecule has 76 valence electrons. The van der Waals surface area contributed by atoms with Gasteiger partial charge in [-0.05, 0) is 19.9 Å². The van der Waals surface area contributed by atoms with Gasteiger partial charge in [-0.1, -0.05) is 29.3 Å². The van der Waals surface area contributed by atoms with E-state index in [9.17, 15) is 0 Å². The van der Waals surface area contributed by atoms with Gasteiger partial charge in [0.05, 0.1) is 12.5 Å². The van der Waals surface area contributed by atoms with Crippen LogP contribution in [0.15, 0.2) is 0 Å². The molecule has 0 aromatic rings. The molecule has 0 aromatic carbocycles. The zero-order valence-electron chi connectivity index (χ0n) is 8.76. The molecule has 0 aromatic heterocycles. The van der Waals surface area contributed by atoms with Crippen molar-refractivity contribution in [1.29, 1.82) is 5.26 Å². The Kier molecular flexibility index (Phi) is 7.31. The van der Waals surface area contributed by atoms with Gasteiger partial charge < -0.3 is 4.90 Å². The van der Waals surface area contributed by atoms with Crippen LogP contribution in [0.2, 0.25) is 0 Å². The Morgan fingerprint density at radius 2 is 2.15 bits per heavy atom. The van der Waals surface area contributed by atoms with E-state index in [2.05, 4.69) is 47.8 Å². The number of rotatable bonds is 6. The highest BCUT2D eigenvalue weighted by Crippen LogP contribution is 2.10. The van der Waals surface area contributed by atoms with Crippen molar-refractivity contribution in [2.75, 3.05) is 18.9 Å². The smallest absolute Gasteiger partial charge is 0.0638 e. The monoisotopic (exact) mass is 246 g/mol. The van der Waals surface area contributed by atoms with Gasteiger partial charge in [0.2, 0.25) is 0 Å². The van der Waals surface area contributed by atoms with Crippen LogP contribution in [0.5, 0.6) is 0 Å². The van der Waals surface area contributed by atoms with Gasteiger partial charge in [-0.2, -0.15) is 5.26 Å². The third-order valence-electron chi connectivity index (χ3n) is 2.48. The predicted octanol–water partition coefficient (Wildman–Crippen LogP) is 2.64. The molecule has 0 amide bonds. The van der Waals surface area contributed by atoms with E-state index in [-0.39, 0.29) is 0 Å². The van der Waals surface area contributed by atoms with Gasteiger partial charge in [-0.3, -0.25) is 0 Å². The lowest BCUT2D eigenvalue weighted by Gasteiger charge is -2.26. The molecule has 0 aliphatic heterocycles. The summed E-state index contributed by atoms with van der Waals surface area (Å²) in [7, 11) is 2.09. The van der Waals surface area contributed by atoms with Crippen LogP contribution in [0.1, 0.15) is 26.7 Å². The summed E-state index contributed by atoms with van der Waals surface area (Å²) in [5, 5.41) is 9.60. The fourth-order valence-corrected chi connectivity index (χ4v) is 1.82. The van der Waals surface area contributed by atoms with Gasteiger partial charge >= 0.3 is 0 Å². The van der Waals surface area contributed by atoms with Crippen molar-refractivity contribution < 1.29 is 0 Å². The van der Waals surface area contributed by atoms with Crippen LogP contribution >= 0.6 is 15.9 Å². The molecule has 0 saturated heterocycles. The molecule has 0 heterocycles. The molecule has 0 radical (unpaired) electrons. The Balaban J connectivity index is 3.83. The molecule has 0 aliphatic rings. The van der Waals surface area contributed by atoms with Gasteiger partial charge in [0, 0.05) is 17.9 Å². The van der Waals surface area contributed by atoms with E-state index >= 15 is 0 Å². The molecule has 2 nitrogen and oxygen atoms in total. The lowest BCUT2D eigenvalue weighted by Crippen LogP contribution is -2.33. The molecule has 0 rings (SSSR count). The zero-order valence-corrected chi connectivity index (χ0v) is 10.3. The van der Waals surface area contributed by atoms with Crippen molar-refractivity contribution in [1.82, 2.24) is 4.90 Å². The summed E-state index contributed by atoms with van der Waals surface area (Å²) in [6.45, 7) is 5.38. The van der Waals surface area contributed by atoms with Crippen molar-refractivity contribution in [2.24, 2.45) is 5.92 Å². The van der Waals surface area contributed by atoms with Crippen LogP contribution in [-0.4, -0.2) is 29.9 Å². The van der Waals surface area contributed by atoms with Crippen LogP contribution in [0.4, 0.5) is 0 Å². The van der Waals surface area contributed by atoms with Gasteiger partial charge in [-0.25, -0.2) is 0 Å². The quantitative estimate of drug-likeness (QED) is 0.674. The first-order valence-corrected chi connectivity index (χ1v) is 5.90. The molecule has 2 unspecified atom stereocenters. The number of nitriles is 1. The molecule has 0 N–H and O–H groups in total. The normalized spacial score (nSPS) is 15.4. The van der Waals surface area contributed by atoms with E-state index in [4.69, 9.17) is 5.26 Å². The van der Waals surface area contributed by atoms with Crippen LogP contribution in [0, 0.1) is 17.2 Å². The minimum Gasteiger partial charge on any atom is -0.302 e. The summed E-state index contributed by atoms with van der Waals surface area (Å²) < 4.78 is 0. The SMILES string of the molecule is CCC(CBr)CN(C)C(C)CC#N. The van der Waals surface area contributed by atoms with E-state index in [1.165, 1.54) is 6.42 Å². The Hall–Kier alpha value is -0.0700. The third kappa shape index (κ3) is 5.28. The Labute approximate surface area is 90.0 Å². The number of nitrogens with zero attached hydrogens (tertiary/aromatic N) is 2. The van der Waals surface area contributed by atoms with Crippen molar-refractivity contribution in [2.45, 2.75) is 32.7 Å². The maximum atomic E-state index is 8.55. The first-order valence-electron chi connectivity index (χ1n) is 4.78. The molecular weight excluding hydrogens is 228 g/mol. The Morgan fingerprint density at radius 1 is 1.54 bits per heavy atom. The average molecular weight is 247 g/mol. The largest absolute Gasteiger partial charge is 0.302 e. The fraction of sp³-hybridized carbons (Fsp3) is 0.900. The van der Waals surface area contributed by atoms with Crippen molar-refractivity contribution in [3.05, 3.63) is 0 Å². The predicted molar refractivity (Wildman–Crippen MR) is 59.9 cm³/mol. The number of alkyl halides is 1. The van der Waals surface area contributed by atoms with Crippen molar-refractivity contribution in [3.63, 3.8) is 0 Å². The molecule has 0 saturated carbocycles. The molecule has 0 fully saturated rings. The minimum atomic E-state index is 0.373. The zero-order chi connectivity index (χ0) is 10.3. The summed E-state index contributed by atoms with van der Waals surface area (Å²) in [5.74, 6) is 0.700. The topological polar surface area (TPSA) is 27.0 Å². The second kappa shape index (κ2) is 7.34. The van der Waals surface area contributed by atoms with Crippen molar-refractivity contribution >= 4 is 15.9 Å². The van der Waals surface area contributed by atoms with E-state index in [1.54, 1.807) is 0 Å². The molecule has 0 bridgehead atoms.